The summed E-state index contributed by atoms with van der Waals surface area (Å²) in [6.07, 6.45) is 0. The quantitative estimate of drug-likeness (QED) is 0.554. The summed E-state index contributed by atoms with van der Waals surface area (Å²) in [4.78, 5) is 16.6. The summed E-state index contributed by atoms with van der Waals surface area (Å²) in [6, 6.07) is 14.1. The summed E-state index contributed by atoms with van der Waals surface area (Å²) in [5.74, 6) is 0.976. The minimum atomic E-state index is -0.390. The largest absolute Gasteiger partial charge is 0.486 e. The summed E-state index contributed by atoms with van der Waals surface area (Å²) in [7, 11) is 0. The number of anilines is 1. The Morgan fingerprint density at radius 3 is 2.74 bits per heavy atom. The lowest BCUT2D eigenvalue weighted by atomic mass is 10.3. The minimum absolute atomic E-state index is 0.127. The number of hydrogen-bond acceptors (Lipinski definition) is 5. The summed E-state index contributed by atoms with van der Waals surface area (Å²) < 4.78 is 29.3. The third-order valence-corrected chi connectivity index (χ3v) is 3.83. The molecule has 0 fully saturated rings. The number of nitrogens with one attached hydrogen (secondary N) is 1. The van der Waals surface area contributed by atoms with E-state index in [-0.39, 0.29) is 18.2 Å². The van der Waals surface area contributed by atoms with Gasteiger partial charge in [-0.2, -0.15) is 0 Å². The van der Waals surface area contributed by atoms with Gasteiger partial charge < -0.3 is 18.9 Å². The standard InChI is InChI=1S/C20H15FN2O4/c1-12-22-17-8-4-14(10-19(17)26-12)23-20(24)18-9-7-16(27-18)11-25-15-5-2-13(21)3-6-15/h2-10H,11H2,1H3,(H,23,24). The van der Waals surface area contributed by atoms with Crippen LogP contribution in [0.3, 0.4) is 0 Å². The Kier molecular flexibility index (Phi) is 4.33. The Morgan fingerprint density at radius 1 is 1.11 bits per heavy atom. The van der Waals surface area contributed by atoms with Crippen molar-refractivity contribution in [2.45, 2.75) is 13.5 Å². The van der Waals surface area contributed by atoms with E-state index in [1.807, 2.05) is 0 Å². The van der Waals surface area contributed by atoms with Crippen molar-refractivity contribution in [1.29, 1.82) is 0 Å². The molecule has 2 aromatic carbocycles. The van der Waals surface area contributed by atoms with E-state index in [1.54, 1.807) is 37.3 Å². The molecule has 0 aliphatic heterocycles. The zero-order valence-electron chi connectivity index (χ0n) is 14.4. The van der Waals surface area contributed by atoms with Gasteiger partial charge >= 0.3 is 0 Å². The van der Waals surface area contributed by atoms with Crippen molar-refractivity contribution in [3.63, 3.8) is 0 Å². The van der Waals surface area contributed by atoms with E-state index in [0.717, 1.165) is 5.52 Å². The second kappa shape index (κ2) is 6.95. The van der Waals surface area contributed by atoms with Gasteiger partial charge in [-0.25, -0.2) is 9.37 Å². The van der Waals surface area contributed by atoms with E-state index in [0.29, 0.717) is 28.7 Å². The first kappa shape index (κ1) is 16.8. The highest BCUT2D eigenvalue weighted by molar-refractivity contribution is 6.03. The van der Waals surface area contributed by atoms with Crippen LogP contribution in [-0.2, 0) is 6.61 Å². The van der Waals surface area contributed by atoms with Crippen LogP contribution >= 0.6 is 0 Å². The molecular weight excluding hydrogens is 351 g/mol. The van der Waals surface area contributed by atoms with E-state index in [2.05, 4.69) is 10.3 Å². The van der Waals surface area contributed by atoms with Crippen molar-refractivity contribution in [3.05, 3.63) is 77.8 Å². The maximum absolute atomic E-state index is 12.9. The molecule has 0 aliphatic rings. The molecule has 6 nitrogen and oxygen atoms in total. The van der Waals surface area contributed by atoms with Crippen molar-refractivity contribution in [2.75, 3.05) is 5.32 Å². The molecule has 0 radical (unpaired) electrons. The number of benzene rings is 2. The predicted octanol–water partition coefficient (Wildman–Crippen LogP) is 4.70. The summed E-state index contributed by atoms with van der Waals surface area (Å²) >= 11 is 0. The highest BCUT2D eigenvalue weighted by atomic mass is 19.1. The predicted molar refractivity (Wildman–Crippen MR) is 96.1 cm³/mol. The zero-order chi connectivity index (χ0) is 18.8. The van der Waals surface area contributed by atoms with Gasteiger partial charge in [0, 0.05) is 18.7 Å². The van der Waals surface area contributed by atoms with Gasteiger partial charge in [-0.3, -0.25) is 4.79 Å². The van der Waals surface area contributed by atoms with Crippen molar-refractivity contribution >= 4 is 22.7 Å². The van der Waals surface area contributed by atoms with Gasteiger partial charge in [-0.1, -0.05) is 0 Å². The number of fused-ring (bicyclic) bond motifs is 1. The summed E-state index contributed by atoms with van der Waals surface area (Å²) in [5, 5.41) is 2.75. The van der Waals surface area contributed by atoms with E-state index in [4.69, 9.17) is 13.6 Å². The monoisotopic (exact) mass is 366 g/mol. The van der Waals surface area contributed by atoms with Gasteiger partial charge in [-0.15, -0.1) is 0 Å². The third-order valence-electron chi connectivity index (χ3n) is 3.83. The molecule has 2 heterocycles. The number of aryl methyl sites for hydroxylation is 1. The number of carbonyl (C=O) groups excluding carboxylic acids is 1. The van der Waals surface area contributed by atoms with Crippen LogP contribution in [0.1, 0.15) is 22.2 Å². The molecule has 1 amide bonds. The lowest BCUT2D eigenvalue weighted by molar-refractivity contribution is 0.0992. The highest BCUT2D eigenvalue weighted by Gasteiger charge is 2.13. The number of halogens is 1. The Hall–Kier alpha value is -3.61. The number of oxazole rings is 1. The number of ether oxygens (including phenoxy) is 1. The number of nitrogens with zero attached hydrogens (tertiary/aromatic N) is 1. The Bertz CT molecular complexity index is 1100. The highest BCUT2D eigenvalue weighted by Crippen LogP contribution is 2.21. The molecule has 0 bridgehead atoms. The molecular formula is C20H15FN2O4. The lowest BCUT2D eigenvalue weighted by Crippen LogP contribution is -2.10. The van der Waals surface area contributed by atoms with Crippen LogP contribution in [0.4, 0.5) is 10.1 Å². The van der Waals surface area contributed by atoms with Crippen LogP contribution in [0.5, 0.6) is 5.75 Å². The Morgan fingerprint density at radius 2 is 1.93 bits per heavy atom. The SMILES string of the molecule is Cc1nc2ccc(NC(=O)c3ccc(COc4ccc(F)cc4)o3)cc2o1. The minimum Gasteiger partial charge on any atom is -0.486 e. The van der Waals surface area contributed by atoms with Crippen LogP contribution in [0.15, 0.2) is 63.4 Å². The lowest BCUT2D eigenvalue weighted by Gasteiger charge is -2.04. The third kappa shape index (κ3) is 3.82. The topological polar surface area (TPSA) is 77.5 Å². The van der Waals surface area contributed by atoms with Crippen LogP contribution in [0.25, 0.3) is 11.1 Å². The molecule has 0 saturated heterocycles. The fraction of sp³-hybridized carbons (Fsp3) is 0.100. The van der Waals surface area contributed by atoms with Gasteiger partial charge in [0.25, 0.3) is 5.91 Å². The molecule has 0 atom stereocenters. The first-order chi connectivity index (χ1) is 13.1. The molecule has 2 aromatic heterocycles. The van der Waals surface area contributed by atoms with Gasteiger partial charge in [0.05, 0.1) is 0 Å². The molecule has 7 heteroatoms. The summed E-state index contributed by atoms with van der Waals surface area (Å²) in [5.41, 5.74) is 1.89. The smallest absolute Gasteiger partial charge is 0.291 e. The molecule has 0 aliphatic carbocycles. The molecule has 4 rings (SSSR count). The molecule has 4 aromatic rings. The molecule has 0 spiro atoms. The van der Waals surface area contributed by atoms with Crippen molar-refractivity contribution < 1.29 is 22.8 Å². The van der Waals surface area contributed by atoms with Crippen LogP contribution in [0, 0.1) is 12.7 Å². The van der Waals surface area contributed by atoms with Gasteiger partial charge in [0.15, 0.2) is 17.2 Å². The fourth-order valence-electron chi connectivity index (χ4n) is 2.57. The van der Waals surface area contributed by atoms with Gasteiger partial charge in [-0.05, 0) is 48.5 Å². The van der Waals surface area contributed by atoms with E-state index in [1.165, 1.54) is 24.3 Å². The van der Waals surface area contributed by atoms with E-state index < -0.39 is 5.91 Å². The van der Waals surface area contributed by atoms with Gasteiger partial charge in [0.2, 0.25) is 0 Å². The second-order valence-corrected chi connectivity index (χ2v) is 5.88. The fourth-order valence-corrected chi connectivity index (χ4v) is 2.57. The van der Waals surface area contributed by atoms with Crippen molar-refractivity contribution in [3.8, 4) is 5.75 Å². The zero-order valence-corrected chi connectivity index (χ0v) is 14.4. The van der Waals surface area contributed by atoms with E-state index in [9.17, 15) is 9.18 Å². The Balaban J connectivity index is 1.40. The average Bonchev–Trinajstić information content (AvgIpc) is 3.26. The van der Waals surface area contributed by atoms with Crippen molar-refractivity contribution in [2.24, 2.45) is 0 Å². The van der Waals surface area contributed by atoms with Crippen molar-refractivity contribution in [1.82, 2.24) is 4.98 Å². The van der Waals surface area contributed by atoms with Gasteiger partial charge in [0.1, 0.15) is 29.5 Å². The first-order valence-corrected chi connectivity index (χ1v) is 8.22. The Labute approximate surface area is 153 Å². The molecule has 1 N–H and O–H groups in total. The first-order valence-electron chi connectivity index (χ1n) is 8.22. The van der Waals surface area contributed by atoms with Crippen LogP contribution in [0.2, 0.25) is 0 Å². The maximum Gasteiger partial charge on any atom is 0.291 e. The number of rotatable bonds is 5. The molecule has 27 heavy (non-hydrogen) atoms. The normalized spacial score (nSPS) is 10.9. The average molecular weight is 366 g/mol. The second-order valence-electron chi connectivity index (χ2n) is 5.88. The van der Waals surface area contributed by atoms with Crippen LogP contribution < -0.4 is 10.1 Å². The molecule has 0 unspecified atom stereocenters. The molecule has 0 saturated carbocycles. The van der Waals surface area contributed by atoms with Crippen LogP contribution in [-0.4, -0.2) is 10.9 Å². The maximum atomic E-state index is 12.9. The van der Waals surface area contributed by atoms with E-state index >= 15 is 0 Å². The number of hydrogen-bond donors (Lipinski definition) is 1. The number of aromatic nitrogens is 1. The number of carbonyl (C=O) groups is 1. The summed E-state index contributed by atoms with van der Waals surface area (Å²) in [6.45, 7) is 1.89. The number of amides is 1. The molecule has 136 valence electrons. The number of furan rings is 1.